The van der Waals surface area contributed by atoms with E-state index in [0.717, 1.165) is 66.8 Å². The maximum atomic E-state index is 13.4. The van der Waals surface area contributed by atoms with Crippen LogP contribution in [0.5, 0.6) is 0 Å². The van der Waals surface area contributed by atoms with Crippen LogP contribution in [0.4, 0.5) is 5.00 Å². The van der Waals surface area contributed by atoms with E-state index in [1.165, 1.54) is 36.1 Å². The maximum Gasteiger partial charge on any atom is 0.231 e. The van der Waals surface area contributed by atoms with E-state index in [9.17, 15) is 9.59 Å². The van der Waals surface area contributed by atoms with E-state index < -0.39 is 0 Å². The number of aryl methyl sites for hydroxylation is 1. The van der Waals surface area contributed by atoms with Crippen molar-refractivity contribution in [3.8, 4) is 0 Å². The molecule has 0 aliphatic heterocycles. The van der Waals surface area contributed by atoms with E-state index in [2.05, 4.69) is 5.32 Å². The predicted molar refractivity (Wildman–Crippen MR) is 105 cm³/mol. The standard InChI is InChI=1S/C22H29NO2S/c1-2-17(24)19-16-5-3-4-6-18(16)26-20(19)23-21(25)22-10-13-7-14(11-22)9-15(8-13)12-22/h13-15H,2-12H2,1H3,(H,23,25). The van der Waals surface area contributed by atoms with E-state index in [-0.39, 0.29) is 17.1 Å². The summed E-state index contributed by atoms with van der Waals surface area (Å²) in [6.07, 6.45) is 12.2. The average molecular weight is 372 g/mol. The molecule has 0 spiro atoms. The van der Waals surface area contributed by atoms with Crippen LogP contribution in [0.2, 0.25) is 0 Å². The molecule has 0 unspecified atom stereocenters. The highest BCUT2D eigenvalue weighted by Crippen LogP contribution is 2.60. The number of amides is 1. The zero-order valence-electron chi connectivity index (χ0n) is 15.7. The molecule has 0 atom stereocenters. The Kier molecular flexibility index (Phi) is 4.04. The van der Waals surface area contributed by atoms with Crippen molar-refractivity contribution in [3.05, 3.63) is 16.0 Å². The minimum absolute atomic E-state index is 0.147. The van der Waals surface area contributed by atoms with Gasteiger partial charge in [0.1, 0.15) is 5.00 Å². The summed E-state index contributed by atoms with van der Waals surface area (Å²) in [7, 11) is 0. The van der Waals surface area contributed by atoms with Crippen LogP contribution in [0.15, 0.2) is 0 Å². The molecule has 0 saturated heterocycles. The highest BCUT2D eigenvalue weighted by molar-refractivity contribution is 7.17. The normalized spacial score (nSPS) is 34.6. The number of hydrogen-bond acceptors (Lipinski definition) is 3. The highest BCUT2D eigenvalue weighted by atomic mass is 32.1. The molecule has 4 fully saturated rings. The van der Waals surface area contributed by atoms with Crippen molar-refractivity contribution in [1.29, 1.82) is 0 Å². The summed E-state index contributed by atoms with van der Waals surface area (Å²) in [5, 5.41) is 4.16. The molecule has 140 valence electrons. The number of fused-ring (bicyclic) bond motifs is 1. The van der Waals surface area contributed by atoms with Crippen LogP contribution in [-0.2, 0) is 17.6 Å². The maximum absolute atomic E-state index is 13.4. The summed E-state index contributed by atoms with van der Waals surface area (Å²) in [6, 6.07) is 0. The number of ketones is 1. The van der Waals surface area contributed by atoms with E-state index in [1.54, 1.807) is 11.3 Å². The van der Waals surface area contributed by atoms with E-state index in [4.69, 9.17) is 0 Å². The number of hydrogen-bond donors (Lipinski definition) is 1. The van der Waals surface area contributed by atoms with E-state index >= 15 is 0 Å². The summed E-state index contributed by atoms with van der Waals surface area (Å²) in [6.45, 7) is 1.93. The zero-order valence-corrected chi connectivity index (χ0v) is 16.6. The van der Waals surface area contributed by atoms with Gasteiger partial charge in [0.05, 0.1) is 11.0 Å². The van der Waals surface area contributed by atoms with Crippen LogP contribution in [-0.4, -0.2) is 11.7 Å². The van der Waals surface area contributed by atoms with Crippen LogP contribution in [0.25, 0.3) is 0 Å². The summed E-state index contributed by atoms with van der Waals surface area (Å²) < 4.78 is 0. The topological polar surface area (TPSA) is 46.2 Å². The van der Waals surface area contributed by atoms with Crippen LogP contribution in [0, 0.1) is 23.2 Å². The Hall–Kier alpha value is -1.16. The van der Waals surface area contributed by atoms with Crippen LogP contribution < -0.4 is 5.32 Å². The Morgan fingerprint density at radius 3 is 2.27 bits per heavy atom. The molecule has 1 aromatic rings. The first-order valence-electron chi connectivity index (χ1n) is 10.6. The molecular weight excluding hydrogens is 342 g/mol. The molecule has 1 aromatic heterocycles. The molecule has 5 aliphatic carbocycles. The predicted octanol–water partition coefficient (Wildman–Crippen LogP) is 5.37. The largest absolute Gasteiger partial charge is 0.317 e. The lowest BCUT2D eigenvalue weighted by Gasteiger charge is -2.55. The lowest BCUT2D eigenvalue weighted by atomic mass is 9.49. The van der Waals surface area contributed by atoms with Crippen molar-refractivity contribution in [2.24, 2.45) is 23.2 Å². The number of rotatable bonds is 4. The van der Waals surface area contributed by atoms with Gasteiger partial charge in [-0.2, -0.15) is 0 Å². The number of anilines is 1. The summed E-state index contributed by atoms with van der Waals surface area (Å²) in [5.41, 5.74) is 1.95. The van der Waals surface area contributed by atoms with Crippen LogP contribution >= 0.6 is 11.3 Å². The van der Waals surface area contributed by atoms with Crippen molar-refractivity contribution >= 4 is 28.0 Å². The quantitative estimate of drug-likeness (QED) is 0.723. The molecule has 1 amide bonds. The fraction of sp³-hybridized carbons (Fsp3) is 0.727. The molecule has 4 heteroatoms. The van der Waals surface area contributed by atoms with Gasteiger partial charge >= 0.3 is 0 Å². The van der Waals surface area contributed by atoms with Gasteiger partial charge in [-0.3, -0.25) is 9.59 Å². The second kappa shape index (κ2) is 6.19. The Bertz CT molecular complexity index is 727. The second-order valence-electron chi connectivity index (χ2n) is 9.34. The van der Waals surface area contributed by atoms with E-state index in [0.29, 0.717) is 6.42 Å². The molecule has 4 saturated carbocycles. The molecule has 4 bridgehead atoms. The first kappa shape index (κ1) is 17.0. The lowest BCUT2D eigenvalue weighted by Crippen LogP contribution is -2.51. The van der Waals surface area contributed by atoms with Gasteiger partial charge in [0, 0.05) is 11.3 Å². The molecular formula is C22H29NO2S. The molecule has 0 radical (unpaired) electrons. The summed E-state index contributed by atoms with van der Waals surface area (Å²) >= 11 is 1.69. The molecule has 1 N–H and O–H groups in total. The Morgan fingerprint density at radius 1 is 1.04 bits per heavy atom. The van der Waals surface area contributed by atoms with Gasteiger partial charge in [0.2, 0.25) is 5.91 Å². The Morgan fingerprint density at radius 2 is 1.65 bits per heavy atom. The van der Waals surface area contributed by atoms with Crippen molar-refractivity contribution in [1.82, 2.24) is 0 Å². The average Bonchev–Trinajstić information content (AvgIpc) is 2.97. The number of carbonyl (C=O) groups excluding carboxylic acids is 2. The molecule has 26 heavy (non-hydrogen) atoms. The number of Topliss-reactive ketones (excluding diaryl/α,β-unsaturated/α-hetero) is 1. The fourth-order valence-electron chi connectivity index (χ4n) is 6.75. The van der Waals surface area contributed by atoms with Crippen LogP contribution in [0.1, 0.15) is 85.5 Å². The number of carbonyl (C=O) groups is 2. The first-order valence-corrected chi connectivity index (χ1v) is 11.4. The number of nitrogens with one attached hydrogen (secondary N) is 1. The second-order valence-corrected chi connectivity index (χ2v) is 10.4. The third-order valence-electron chi connectivity index (χ3n) is 7.52. The van der Waals surface area contributed by atoms with Crippen molar-refractivity contribution < 1.29 is 9.59 Å². The molecule has 5 aliphatic rings. The van der Waals surface area contributed by atoms with Gasteiger partial charge in [-0.15, -0.1) is 11.3 Å². The monoisotopic (exact) mass is 371 g/mol. The summed E-state index contributed by atoms with van der Waals surface area (Å²) in [5.74, 6) is 2.71. The fourth-order valence-corrected chi connectivity index (χ4v) is 8.05. The molecule has 0 aromatic carbocycles. The smallest absolute Gasteiger partial charge is 0.231 e. The van der Waals surface area contributed by atoms with Gasteiger partial charge < -0.3 is 5.32 Å². The van der Waals surface area contributed by atoms with Crippen molar-refractivity contribution in [2.45, 2.75) is 77.6 Å². The minimum Gasteiger partial charge on any atom is -0.317 e. The molecule has 3 nitrogen and oxygen atoms in total. The molecule has 1 heterocycles. The SMILES string of the molecule is CCC(=O)c1c(NC(=O)C23CC4CC(CC(C4)C2)C3)sc2c1CCCC2. The minimum atomic E-state index is -0.147. The molecule has 6 rings (SSSR count). The van der Waals surface area contributed by atoms with Gasteiger partial charge in [-0.05, 0) is 87.5 Å². The van der Waals surface area contributed by atoms with Gasteiger partial charge in [-0.25, -0.2) is 0 Å². The zero-order chi connectivity index (χ0) is 17.9. The lowest BCUT2D eigenvalue weighted by molar-refractivity contribution is -0.140. The Balaban J connectivity index is 1.45. The third kappa shape index (κ3) is 2.59. The van der Waals surface area contributed by atoms with Gasteiger partial charge in [0.15, 0.2) is 5.78 Å². The highest BCUT2D eigenvalue weighted by Gasteiger charge is 2.54. The first-order chi connectivity index (χ1) is 12.6. The van der Waals surface area contributed by atoms with Crippen molar-refractivity contribution in [3.63, 3.8) is 0 Å². The van der Waals surface area contributed by atoms with Gasteiger partial charge in [-0.1, -0.05) is 6.92 Å². The third-order valence-corrected chi connectivity index (χ3v) is 8.73. The van der Waals surface area contributed by atoms with Crippen LogP contribution in [0.3, 0.4) is 0 Å². The van der Waals surface area contributed by atoms with E-state index in [1.807, 2.05) is 6.92 Å². The summed E-state index contributed by atoms with van der Waals surface area (Å²) in [4.78, 5) is 27.4. The van der Waals surface area contributed by atoms with Gasteiger partial charge in [0.25, 0.3) is 0 Å². The Labute approximate surface area is 159 Å². The number of thiophene rings is 1. The van der Waals surface area contributed by atoms with Crippen molar-refractivity contribution in [2.75, 3.05) is 5.32 Å².